The van der Waals surface area contributed by atoms with Crippen LogP contribution < -0.4 is 5.32 Å². The molecule has 0 aromatic rings. The Morgan fingerprint density at radius 1 is 1.60 bits per heavy atom. The van der Waals surface area contributed by atoms with Crippen LogP contribution >= 0.6 is 0 Å². The normalized spacial score (nSPS) is 17.9. The van der Waals surface area contributed by atoms with E-state index in [4.69, 9.17) is 4.74 Å². The lowest BCUT2D eigenvalue weighted by molar-refractivity contribution is -0.145. The Morgan fingerprint density at radius 2 is 2.27 bits per heavy atom. The highest BCUT2D eigenvalue weighted by molar-refractivity contribution is 5.76. The van der Waals surface area contributed by atoms with Crippen LogP contribution in [0.15, 0.2) is 0 Å². The van der Waals surface area contributed by atoms with Gasteiger partial charge in [0.1, 0.15) is 6.04 Å². The van der Waals surface area contributed by atoms with Gasteiger partial charge in [0.15, 0.2) is 0 Å². The molecule has 4 heteroatoms. The van der Waals surface area contributed by atoms with Gasteiger partial charge >= 0.3 is 5.97 Å². The summed E-state index contributed by atoms with van der Waals surface area (Å²) >= 11 is 0. The number of carbonyl (C=O) groups excluding carboxylic acids is 1. The Hall–Kier alpha value is -0.610. The van der Waals surface area contributed by atoms with Crippen molar-refractivity contribution in [2.45, 2.75) is 25.8 Å². The molecule has 1 rings (SSSR count). The molecule has 0 amide bonds. The van der Waals surface area contributed by atoms with E-state index >= 15 is 0 Å². The topological polar surface area (TPSA) is 41.6 Å². The van der Waals surface area contributed by atoms with E-state index in [2.05, 4.69) is 17.3 Å². The van der Waals surface area contributed by atoms with Gasteiger partial charge in [0, 0.05) is 13.1 Å². The fourth-order valence-corrected chi connectivity index (χ4v) is 1.65. The molecule has 0 spiro atoms. The summed E-state index contributed by atoms with van der Waals surface area (Å²) in [6.45, 7) is 4.10. The average Bonchev–Trinajstić information content (AvgIpc) is 2.98. The van der Waals surface area contributed by atoms with Crippen LogP contribution in [0.2, 0.25) is 0 Å². The van der Waals surface area contributed by atoms with Gasteiger partial charge in [-0.3, -0.25) is 4.79 Å². The third-order valence-corrected chi connectivity index (χ3v) is 2.68. The highest BCUT2D eigenvalue weighted by atomic mass is 16.5. The molecule has 0 bridgehead atoms. The summed E-state index contributed by atoms with van der Waals surface area (Å²) in [6, 6.07) is -0.200. The molecule has 1 fully saturated rings. The lowest BCUT2D eigenvalue weighted by atomic mass is 10.2. The number of likely N-dealkylation sites (N-methyl/N-ethyl adjacent to an activating group) is 2. The van der Waals surface area contributed by atoms with Crippen molar-refractivity contribution in [3.63, 3.8) is 0 Å². The molecule has 0 saturated heterocycles. The molecular formula is C11H22N2O2. The van der Waals surface area contributed by atoms with Crippen molar-refractivity contribution in [2.24, 2.45) is 5.92 Å². The highest BCUT2D eigenvalue weighted by Crippen LogP contribution is 2.29. The van der Waals surface area contributed by atoms with Crippen molar-refractivity contribution < 1.29 is 9.53 Å². The third kappa shape index (κ3) is 4.62. The minimum Gasteiger partial charge on any atom is -0.465 e. The molecule has 1 N–H and O–H groups in total. The lowest BCUT2D eigenvalue weighted by Gasteiger charge is -2.22. The number of nitrogens with one attached hydrogen (secondary N) is 1. The summed E-state index contributed by atoms with van der Waals surface area (Å²) in [5.41, 5.74) is 0. The molecule has 4 nitrogen and oxygen atoms in total. The number of nitrogens with zero attached hydrogens (tertiary/aromatic N) is 1. The number of carbonyl (C=O) groups is 1. The maximum absolute atomic E-state index is 11.5. The van der Waals surface area contributed by atoms with Crippen molar-refractivity contribution in [1.29, 1.82) is 0 Å². The van der Waals surface area contributed by atoms with E-state index in [1.807, 2.05) is 6.92 Å². The Balaban J connectivity index is 2.26. The Bertz CT molecular complexity index is 205. The maximum Gasteiger partial charge on any atom is 0.324 e. The van der Waals surface area contributed by atoms with Gasteiger partial charge in [-0.2, -0.15) is 0 Å². The second-order valence-electron chi connectivity index (χ2n) is 4.26. The number of rotatable bonds is 7. The standard InChI is InChI=1S/C11H22N2O2/c1-4-15-11(14)10(12-2)8-13(3)7-9-5-6-9/h9-10,12H,4-8H2,1-3H3. The second kappa shape index (κ2) is 6.08. The zero-order chi connectivity index (χ0) is 11.3. The van der Waals surface area contributed by atoms with E-state index in [0.29, 0.717) is 6.61 Å². The SMILES string of the molecule is CCOC(=O)C(CN(C)CC1CC1)NC. The molecule has 15 heavy (non-hydrogen) atoms. The van der Waals surface area contributed by atoms with Crippen molar-refractivity contribution in [2.75, 3.05) is 33.8 Å². The zero-order valence-corrected chi connectivity index (χ0v) is 9.95. The Kier molecular flexibility index (Phi) is 5.05. The molecule has 1 unspecified atom stereocenters. The van der Waals surface area contributed by atoms with Gasteiger partial charge in [-0.1, -0.05) is 0 Å². The Labute approximate surface area is 92.0 Å². The van der Waals surface area contributed by atoms with Crippen LogP contribution in [0.25, 0.3) is 0 Å². The van der Waals surface area contributed by atoms with Crippen LogP contribution in [0.4, 0.5) is 0 Å². The molecule has 0 radical (unpaired) electrons. The van der Waals surface area contributed by atoms with Gasteiger partial charge in [-0.25, -0.2) is 0 Å². The quantitative estimate of drug-likeness (QED) is 0.626. The first-order chi connectivity index (χ1) is 7.17. The number of esters is 1. The Morgan fingerprint density at radius 3 is 2.73 bits per heavy atom. The molecule has 1 atom stereocenters. The molecule has 0 aromatic carbocycles. The first kappa shape index (κ1) is 12.5. The first-order valence-corrected chi connectivity index (χ1v) is 5.69. The predicted molar refractivity (Wildman–Crippen MR) is 59.7 cm³/mol. The van der Waals surface area contributed by atoms with E-state index in [9.17, 15) is 4.79 Å². The van der Waals surface area contributed by atoms with E-state index in [1.54, 1.807) is 7.05 Å². The molecule has 1 saturated carbocycles. The zero-order valence-electron chi connectivity index (χ0n) is 9.95. The van der Waals surface area contributed by atoms with Crippen molar-refractivity contribution >= 4 is 5.97 Å². The van der Waals surface area contributed by atoms with Gasteiger partial charge in [0.2, 0.25) is 0 Å². The van der Waals surface area contributed by atoms with Gasteiger partial charge in [-0.05, 0) is 39.8 Å². The molecule has 1 aliphatic carbocycles. The van der Waals surface area contributed by atoms with E-state index in [0.717, 1.165) is 19.0 Å². The minimum atomic E-state index is -0.200. The van der Waals surface area contributed by atoms with E-state index in [-0.39, 0.29) is 12.0 Å². The van der Waals surface area contributed by atoms with Crippen LogP contribution in [0, 0.1) is 5.92 Å². The maximum atomic E-state index is 11.5. The number of hydrogen-bond acceptors (Lipinski definition) is 4. The summed E-state index contributed by atoms with van der Waals surface area (Å²) in [6.07, 6.45) is 2.68. The molecule has 1 aliphatic rings. The lowest BCUT2D eigenvalue weighted by Crippen LogP contribution is -2.44. The van der Waals surface area contributed by atoms with E-state index in [1.165, 1.54) is 12.8 Å². The fraction of sp³-hybridized carbons (Fsp3) is 0.909. The molecule has 88 valence electrons. The molecule has 0 aromatic heterocycles. The minimum absolute atomic E-state index is 0.150. The van der Waals surface area contributed by atoms with Crippen LogP contribution in [0.3, 0.4) is 0 Å². The fourth-order valence-electron chi connectivity index (χ4n) is 1.65. The second-order valence-corrected chi connectivity index (χ2v) is 4.26. The number of ether oxygens (including phenoxy) is 1. The molecular weight excluding hydrogens is 192 g/mol. The van der Waals surface area contributed by atoms with Crippen LogP contribution in [0.5, 0.6) is 0 Å². The largest absolute Gasteiger partial charge is 0.465 e. The van der Waals surface area contributed by atoms with Crippen molar-refractivity contribution in [3.05, 3.63) is 0 Å². The number of hydrogen-bond donors (Lipinski definition) is 1. The van der Waals surface area contributed by atoms with Gasteiger partial charge in [0.25, 0.3) is 0 Å². The van der Waals surface area contributed by atoms with Gasteiger partial charge < -0.3 is 15.0 Å². The predicted octanol–water partition coefficient (Wildman–Crippen LogP) is 0.479. The van der Waals surface area contributed by atoms with Gasteiger partial charge in [-0.15, -0.1) is 0 Å². The summed E-state index contributed by atoms with van der Waals surface area (Å²) < 4.78 is 4.99. The van der Waals surface area contributed by atoms with Crippen molar-refractivity contribution in [3.8, 4) is 0 Å². The summed E-state index contributed by atoms with van der Waals surface area (Å²) in [5, 5.41) is 2.99. The first-order valence-electron chi connectivity index (χ1n) is 5.69. The molecule has 0 aliphatic heterocycles. The monoisotopic (exact) mass is 214 g/mol. The van der Waals surface area contributed by atoms with Gasteiger partial charge in [0.05, 0.1) is 6.61 Å². The van der Waals surface area contributed by atoms with Crippen LogP contribution in [-0.4, -0.2) is 50.7 Å². The average molecular weight is 214 g/mol. The summed E-state index contributed by atoms with van der Waals surface area (Å²) in [4.78, 5) is 13.7. The van der Waals surface area contributed by atoms with Crippen molar-refractivity contribution in [1.82, 2.24) is 10.2 Å². The van der Waals surface area contributed by atoms with Crippen LogP contribution in [0.1, 0.15) is 19.8 Å². The molecule has 0 heterocycles. The third-order valence-electron chi connectivity index (χ3n) is 2.68. The highest BCUT2D eigenvalue weighted by Gasteiger charge is 2.25. The summed E-state index contributed by atoms with van der Waals surface area (Å²) in [5.74, 6) is 0.706. The summed E-state index contributed by atoms with van der Waals surface area (Å²) in [7, 11) is 3.86. The van der Waals surface area contributed by atoms with E-state index < -0.39 is 0 Å². The smallest absolute Gasteiger partial charge is 0.324 e. The van der Waals surface area contributed by atoms with Crippen LogP contribution in [-0.2, 0) is 9.53 Å².